The molecule has 196 valence electrons. The normalized spacial score (nSPS) is 42.6. The minimum Gasteiger partial charge on any atom is -0.463 e. The molecule has 0 aromatic heterocycles. The Morgan fingerprint density at radius 2 is 1.74 bits per heavy atom. The third-order valence-electron chi connectivity index (χ3n) is 11.4. The molecule has 0 aliphatic heterocycles. The monoisotopic (exact) mass is 502 g/mol. The summed E-state index contributed by atoms with van der Waals surface area (Å²) in [5.41, 5.74) is 1.15. The van der Waals surface area contributed by atoms with Gasteiger partial charge in [-0.15, -0.1) is 0 Å². The first-order valence-electron chi connectivity index (χ1n) is 14.1. The second-order valence-corrected chi connectivity index (χ2v) is 13.7. The van der Waals surface area contributed by atoms with Crippen molar-refractivity contribution in [2.24, 2.45) is 51.8 Å². The van der Waals surface area contributed by atoms with Gasteiger partial charge in [0, 0.05) is 6.92 Å². The van der Waals surface area contributed by atoms with Crippen LogP contribution in [0.25, 0.3) is 0 Å². The maximum atomic E-state index is 13.1. The first-order chi connectivity index (χ1) is 16.4. The van der Waals surface area contributed by atoms with Crippen LogP contribution in [-0.4, -0.2) is 17.3 Å². The number of rotatable bonds is 6. The van der Waals surface area contributed by atoms with E-state index in [2.05, 4.69) is 59.8 Å². The van der Waals surface area contributed by atoms with Gasteiger partial charge in [0.1, 0.15) is 6.10 Å². The molecule has 1 unspecified atom stereocenters. The Bertz CT molecular complexity index is 905. The molecule has 4 aliphatic rings. The van der Waals surface area contributed by atoms with Crippen molar-refractivity contribution < 1.29 is 14.3 Å². The van der Waals surface area contributed by atoms with Crippen molar-refractivity contribution in [2.75, 3.05) is 0 Å². The molecule has 4 rings (SSSR count). The Morgan fingerprint density at radius 1 is 1.03 bits per heavy atom. The van der Waals surface area contributed by atoms with Crippen LogP contribution in [0.15, 0.2) is 23.8 Å². The highest BCUT2D eigenvalue weighted by Gasteiger charge is 2.65. The number of esters is 1. The third-order valence-corrected chi connectivity index (χ3v) is 11.8. The van der Waals surface area contributed by atoms with Crippen LogP contribution in [0.3, 0.4) is 0 Å². The molecule has 9 atom stereocenters. The van der Waals surface area contributed by atoms with E-state index in [0.29, 0.717) is 53.8 Å². The number of carbonyl (C=O) groups excluding carboxylic acids is 2. The number of hydrogen-bond acceptors (Lipinski definition) is 3. The molecule has 0 heterocycles. The molecule has 0 spiro atoms. The molecule has 0 radical (unpaired) electrons. The summed E-state index contributed by atoms with van der Waals surface area (Å²) in [4.78, 5) is 24.7. The molecule has 0 amide bonds. The fourth-order valence-electron chi connectivity index (χ4n) is 8.84. The van der Waals surface area contributed by atoms with Gasteiger partial charge in [-0.2, -0.15) is 0 Å². The molecule has 0 saturated heterocycles. The quantitative estimate of drug-likeness (QED) is 0.209. The van der Waals surface area contributed by atoms with Gasteiger partial charge in [-0.1, -0.05) is 65.3 Å². The van der Waals surface area contributed by atoms with Gasteiger partial charge in [-0.25, -0.2) is 0 Å². The zero-order valence-electron chi connectivity index (χ0n) is 23.0. The van der Waals surface area contributed by atoms with E-state index in [1.165, 1.54) is 26.2 Å². The first kappa shape index (κ1) is 27.0. The molecule has 4 aliphatic carbocycles. The average molecular weight is 503 g/mol. The van der Waals surface area contributed by atoms with Crippen molar-refractivity contribution >= 4 is 22.8 Å². The molecule has 0 aromatic carbocycles. The van der Waals surface area contributed by atoms with Crippen LogP contribution in [0.1, 0.15) is 99.8 Å². The minimum absolute atomic E-state index is 0.163. The summed E-state index contributed by atoms with van der Waals surface area (Å²) in [7, 11) is 0. The van der Waals surface area contributed by atoms with Gasteiger partial charge in [0.2, 0.25) is 5.24 Å². The van der Waals surface area contributed by atoms with E-state index in [-0.39, 0.29) is 22.7 Å². The van der Waals surface area contributed by atoms with Crippen LogP contribution in [0.4, 0.5) is 0 Å². The van der Waals surface area contributed by atoms with Crippen LogP contribution < -0.4 is 0 Å². The van der Waals surface area contributed by atoms with Crippen LogP contribution in [0.5, 0.6) is 0 Å². The van der Waals surface area contributed by atoms with E-state index in [1.807, 2.05) is 0 Å². The summed E-state index contributed by atoms with van der Waals surface area (Å²) in [5.74, 6) is 3.33. The van der Waals surface area contributed by atoms with Crippen molar-refractivity contribution in [3.63, 3.8) is 0 Å². The molecular formula is C31H47ClO3. The average Bonchev–Trinajstić information content (AvgIpc) is 3.14. The summed E-state index contributed by atoms with van der Waals surface area (Å²) in [6, 6.07) is 0. The van der Waals surface area contributed by atoms with Gasteiger partial charge in [0.25, 0.3) is 0 Å². The number of fused-ring (bicyclic) bond motifs is 5. The maximum absolute atomic E-state index is 13.1. The van der Waals surface area contributed by atoms with E-state index in [9.17, 15) is 9.59 Å². The number of ether oxygens (including phenoxy) is 1. The molecule has 0 N–H and O–H groups in total. The van der Waals surface area contributed by atoms with Gasteiger partial charge in [-0.3, -0.25) is 9.59 Å². The van der Waals surface area contributed by atoms with Crippen molar-refractivity contribution in [2.45, 2.75) is 106 Å². The van der Waals surface area contributed by atoms with Crippen LogP contribution in [0, 0.1) is 51.8 Å². The van der Waals surface area contributed by atoms with Gasteiger partial charge >= 0.3 is 5.97 Å². The Labute approximate surface area is 218 Å². The lowest BCUT2D eigenvalue weighted by Crippen LogP contribution is -2.58. The summed E-state index contributed by atoms with van der Waals surface area (Å²) in [5, 5.41) is -0.234. The van der Waals surface area contributed by atoms with Gasteiger partial charge in [0.15, 0.2) is 0 Å². The van der Waals surface area contributed by atoms with Crippen LogP contribution in [-0.2, 0) is 14.3 Å². The number of halogens is 1. The van der Waals surface area contributed by atoms with Crippen LogP contribution >= 0.6 is 11.6 Å². The van der Waals surface area contributed by atoms with E-state index < -0.39 is 5.41 Å². The SMILES string of the molecule is CC(=O)O[C@H]1CC[C@]2(C)C3CC[C@]4(C)[C@@H]([C@H](C)/C=C/[C@H](C)C(C)C)CC[C@H]4C3=CC[C@@]2(C(=O)Cl)C1. The fraction of sp³-hybridized carbons (Fsp3) is 0.806. The Morgan fingerprint density at radius 3 is 2.37 bits per heavy atom. The molecule has 3 fully saturated rings. The molecule has 3 nitrogen and oxygen atoms in total. The minimum atomic E-state index is -0.629. The second kappa shape index (κ2) is 9.66. The lowest BCUT2D eigenvalue weighted by Gasteiger charge is -2.61. The van der Waals surface area contributed by atoms with E-state index in [1.54, 1.807) is 5.57 Å². The van der Waals surface area contributed by atoms with Crippen molar-refractivity contribution in [1.29, 1.82) is 0 Å². The molecule has 35 heavy (non-hydrogen) atoms. The molecule has 3 saturated carbocycles. The van der Waals surface area contributed by atoms with Gasteiger partial charge < -0.3 is 4.74 Å². The highest BCUT2D eigenvalue weighted by Crippen LogP contribution is 2.70. The zero-order valence-corrected chi connectivity index (χ0v) is 23.8. The lowest BCUT2D eigenvalue weighted by atomic mass is 9.43. The second-order valence-electron chi connectivity index (χ2n) is 13.3. The molecule has 0 aromatic rings. The largest absolute Gasteiger partial charge is 0.463 e. The highest BCUT2D eigenvalue weighted by molar-refractivity contribution is 6.64. The molecule has 0 bridgehead atoms. The van der Waals surface area contributed by atoms with Crippen molar-refractivity contribution in [3.8, 4) is 0 Å². The summed E-state index contributed by atoms with van der Waals surface area (Å²) in [6.07, 6.45) is 15.0. The predicted molar refractivity (Wildman–Crippen MR) is 143 cm³/mol. The zero-order chi connectivity index (χ0) is 25.8. The smallest absolute Gasteiger partial charge is 0.302 e. The fourth-order valence-corrected chi connectivity index (χ4v) is 9.21. The lowest BCUT2D eigenvalue weighted by molar-refractivity contribution is -0.165. The summed E-state index contributed by atoms with van der Waals surface area (Å²) in [6.45, 7) is 15.7. The van der Waals surface area contributed by atoms with E-state index in [4.69, 9.17) is 16.3 Å². The maximum Gasteiger partial charge on any atom is 0.302 e. The Kier molecular flexibility index (Phi) is 7.44. The number of allylic oxidation sites excluding steroid dienone is 4. The molecular weight excluding hydrogens is 456 g/mol. The summed E-state index contributed by atoms with van der Waals surface area (Å²) < 4.78 is 5.60. The van der Waals surface area contributed by atoms with Crippen molar-refractivity contribution in [3.05, 3.63) is 23.8 Å². The third kappa shape index (κ3) is 4.36. The first-order valence-corrected chi connectivity index (χ1v) is 14.5. The van der Waals surface area contributed by atoms with Crippen molar-refractivity contribution in [1.82, 2.24) is 0 Å². The Hall–Kier alpha value is -1.09. The highest BCUT2D eigenvalue weighted by atomic mass is 35.5. The van der Waals surface area contributed by atoms with Gasteiger partial charge in [-0.05, 0) is 109 Å². The van der Waals surface area contributed by atoms with E-state index in [0.717, 1.165) is 19.3 Å². The van der Waals surface area contributed by atoms with E-state index >= 15 is 0 Å². The topological polar surface area (TPSA) is 43.4 Å². The Balaban J connectivity index is 1.61. The van der Waals surface area contributed by atoms with Crippen LogP contribution in [0.2, 0.25) is 0 Å². The standard InChI is InChI=1S/C31H47ClO3/c1-19(2)20(3)8-9-21(4)25-10-11-26-24-13-17-31(28(32)34)18-23(35-22(5)33)12-16-30(31,7)27(24)14-15-29(25,26)6/h8-9,13,19-21,23,25-27H,10-12,14-18H2,1-7H3/b9-8+/t20-,21+,23-,25+,26-,27?,29+,30+,31-/m0/s1. The van der Waals surface area contributed by atoms with Gasteiger partial charge in [0.05, 0.1) is 5.41 Å². The number of hydrogen-bond donors (Lipinski definition) is 0. The molecule has 4 heteroatoms. The number of carbonyl (C=O) groups is 2. The summed E-state index contributed by atoms with van der Waals surface area (Å²) >= 11 is 6.41. The predicted octanol–water partition coefficient (Wildman–Crippen LogP) is 8.12.